The largest absolute Gasteiger partial charge is 0.497 e. The van der Waals surface area contributed by atoms with Crippen molar-refractivity contribution in [3.63, 3.8) is 0 Å². The third kappa shape index (κ3) is 2.92. The van der Waals surface area contributed by atoms with E-state index in [0.717, 1.165) is 6.07 Å². The molecule has 0 amide bonds. The van der Waals surface area contributed by atoms with E-state index in [9.17, 15) is 13.2 Å². The lowest BCUT2D eigenvalue weighted by molar-refractivity contribution is 0.414. The second-order valence-electron chi connectivity index (χ2n) is 3.93. The first-order valence-corrected chi connectivity index (χ1v) is 6.37. The van der Waals surface area contributed by atoms with E-state index in [4.69, 9.17) is 4.74 Å². The molecule has 2 rings (SSSR count). The van der Waals surface area contributed by atoms with E-state index < -0.39 is 22.3 Å². The summed E-state index contributed by atoms with van der Waals surface area (Å²) in [5, 5.41) is 0. The van der Waals surface area contributed by atoms with Crippen LogP contribution >= 0.6 is 15.9 Å². The first-order chi connectivity index (χ1) is 9.02. The fourth-order valence-electron chi connectivity index (χ4n) is 1.71. The van der Waals surface area contributed by atoms with Crippen LogP contribution in [0.3, 0.4) is 0 Å². The van der Waals surface area contributed by atoms with Crippen LogP contribution in [0.15, 0.2) is 36.4 Å². The molecule has 0 bridgehead atoms. The highest BCUT2D eigenvalue weighted by molar-refractivity contribution is 9.09. The van der Waals surface area contributed by atoms with Gasteiger partial charge in [0.1, 0.15) is 11.6 Å². The molecule has 2 aromatic rings. The van der Waals surface area contributed by atoms with Gasteiger partial charge < -0.3 is 4.74 Å². The lowest BCUT2D eigenvalue weighted by atomic mass is 10.0. The molecule has 0 saturated heterocycles. The molecule has 0 aliphatic rings. The second kappa shape index (κ2) is 5.65. The smallest absolute Gasteiger partial charge is 0.161 e. The van der Waals surface area contributed by atoms with Crippen molar-refractivity contribution in [1.29, 1.82) is 0 Å². The maximum atomic E-state index is 13.7. The fourth-order valence-corrected chi connectivity index (χ4v) is 2.35. The van der Waals surface area contributed by atoms with Crippen molar-refractivity contribution in [1.82, 2.24) is 0 Å². The van der Waals surface area contributed by atoms with Gasteiger partial charge in [-0.2, -0.15) is 0 Å². The molecule has 1 nitrogen and oxygen atoms in total. The van der Waals surface area contributed by atoms with Crippen molar-refractivity contribution in [2.45, 2.75) is 4.83 Å². The Kier molecular flexibility index (Phi) is 4.14. The number of ether oxygens (including phenoxy) is 1. The van der Waals surface area contributed by atoms with Crippen LogP contribution in [0.5, 0.6) is 5.75 Å². The summed E-state index contributed by atoms with van der Waals surface area (Å²) in [6, 6.07) is 8.30. The zero-order chi connectivity index (χ0) is 14.0. The molecule has 0 radical (unpaired) electrons. The first-order valence-electron chi connectivity index (χ1n) is 5.45. The van der Waals surface area contributed by atoms with Crippen LogP contribution in [-0.4, -0.2) is 7.11 Å². The lowest BCUT2D eigenvalue weighted by Crippen LogP contribution is -2.00. The van der Waals surface area contributed by atoms with E-state index in [-0.39, 0.29) is 5.56 Å². The van der Waals surface area contributed by atoms with Gasteiger partial charge in [-0.25, -0.2) is 13.2 Å². The number of halogens is 4. The number of rotatable bonds is 3. The van der Waals surface area contributed by atoms with Crippen molar-refractivity contribution in [2.24, 2.45) is 0 Å². The summed E-state index contributed by atoms with van der Waals surface area (Å²) in [4.78, 5) is -0.585. The Hall–Kier alpha value is -1.49. The van der Waals surface area contributed by atoms with Crippen LogP contribution in [0.4, 0.5) is 13.2 Å². The number of hydrogen-bond donors (Lipinski definition) is 0. The van der Waals surface area contributed by atoms with Gasteiger partial charge in [0.25, 0.3) is 0 Å². The monoisotopic (exact) mass is 330 g/mol. The van der Waals surface area contributed by atoms with E-state index in [1.165, 1.54) is 7.11 Å². The quantitative estimate of drug-likeness (QED) is 0.590. The summed E-state index contributed by atoms with van der Waals surface area (Å²) in [7, 11) is 1.51. The van der Waals surface area contributed by atoms with Crippen molar-refractivity contribution in [3.8, 4) is 5.75 Å². The molecule has 100 valence electrons. The molecule has 0 aliphatic carbocycles. The lowest BCUT2D eigenvalue weighted by Gasteiger charge is -2.13. The average Bonchev–Trinajstić information content (AvgIpc) is 2.42. The number of benzene rings is 2. The maximum absolute atomic E-state index is 13.7. The molecule has 0 aliphatic heterocycles. The number of alkyl halides is 1. The molecule has 19 heavy (non-hydrogen) atoms. The van der Waals surface area contributed by atoms with Crippen LogP contribution < -0.4 is 4.74 Å². The summed E-state index contributed by atoms with van der Waals surface area (Å²) in [6.07, 6.45) is 0. The Balaban J connectivity index is 2.43. The van der Waals surface area contributed by atoms with E-state index in [2.05, 4.69) is 15.9 Å². The van der Waals surface area contributed by atoms with Gasteiger partial charge in [-0.3, -0.25) is 0 Å². The summed E-state index contributed by atoms with van der Waals surface area (Å²) >= 11 is 3.28. The van der Waals surface area contributed by atoms with Gasteiger partial charge in [0.2, 0.25) is 0 Å². The molecule has 0 heterocycles. The standard InChI is InChI=1S/C14H10BrF3O/c1-19-9-4-2-3-8(5-9)14(15)10-6-12(17)13(18)7-11(10)16/h2-7,14H,1H3. The topological polar surface area (TPSA) is 9.23 Å². The van der Waals surface area contributed by atoms with Crippen LogP contribution in [0.1, 0.15) is 16.0 Å². The van der Waals surface area contributed by atoms with Gasteiger partial charge in [0, 0.05) is 11.6 Å². The van der Waals surface area contributed by atoms with Crippen molar-refractivity contribution in [3.05, 3.63) is 65.0 Å². The molecule has 0 fully saturated rings. The van der Waals surface area contributed by atoms with E-state index >= 15 is 0 Å². The molecule has 5 heteroatoms. The maximum Gasteiger partial charge on any atom is 0.161 e. The first kappa shape index (κ1) is 13.9. The summed E-state index contributed by atoms with van der Waals surface area (Å²) in [5.41, 5.74) is 0.719. The Morgan fingerprint density at radius 3 is 2.37 bits per heavy atom. The summed E-state index contributed by atoms with van der Waals surface area (Å²) in [5.74, 6) is -2.48. The zero-order valence-corrected chi connectivity index (χ0v) is 11.5. The van der Waals surface area contributed by atoms with Crippen LogP contribution in [0.25, 0.3) is 0 Å². The molecule has 0 saturated carbocycles. The highest BCUT2D eigenvalue weighted by Crippen LogP contribution is 2.34. The Labute approximate surface area is 117 Å². The molecular formula is C14H10BrF3O. The second-order valence-corrected chi connectivity index (χ2v) is 4.84. The van der Waals surface area contributed by atoms with Gasteiger partial charge in [-0.1, -0.05) is 28.1 Å². The van der Waals surface area contributed by atoms with Crippen molar-refractivity contribution >= 4 is 15.9 Å². The highest BCUT2D eigenvalue weighted by Gasteiger charge is 2.18. The van der Waals surface area contributed by atoms with Gasteiger partial charge in [0.05, 0.1) is 11.9 Å². The minimum atomic E-state index is -1.20. The normalized spacial score (nSPS) is 12.3. The molecule has 2 aromatic carbocycles. The fraction of sp³-hybridized carbons (Fsp3) is 0.143. The van der Waals surface area contributed by atoms with Crippen LogP contribution in [-0.2, 0) is 0 Å². The SMILES string of the molecule is COc1cccc(C(Br)c2cc(F)c(F)cc2F)c1. The van der Waals surface area contributed by atoms with Gasteiger partial charge in [0.15, 0.2) is 11.6 Å². The van der Waals surface area contributed by atoms with Gasteiger partial charge in [-0.05, 0) is 23.8 Å². The van der Waals surface area contributed by atoms with Crippen molar-refractivity contribution < 1.29 is 17.9 Å². The zero-order valence-electron chi connectivity index (χ0n) is 9.96. The van der Waals surface area contributed by atoms with Crippen LogP contribution in [0, 0.1) is 17.5 Å². The summed E-state index contributed by atoms with van der Waals surface area (Å²) in [6.45, 7) is 0. The number of methoxy groups -OCH3 is 1. The Morgan fingerprint density at radius 2 is 1.68 bits per heavy atom. The Bertz CT molecular complexity index is 601. The van der Waals surface area contributed by atoms with Crippen LogP contribution in [0.2, 0.25) is 0 Å². The predicted octanol–water partition coefficient (Wildman–Crippen LogP) is 4.60. The summed E-state index contributed by atoms with van der Waals surface area (Å²) < 4.78 is 44.8. The predicted molar refractivity (Wildman–Crippen MR) is 70.1 cm³/mol. The Morgan fingerprint density at radius 1 is 1.00 bits per heavy atom. The molecule has 0 N–H and O–H groups in total. The van der Waals surface area contributed by atoms with Gasteiger partial charge in [-0.15, -0.1) is 0 Å². The molecule has 0 spiro atoms. The van der Waals surface area contributed by atoms with E-state index in [1.54, 1.807) is 24.3 Å². The van der Waals surface area contributed by atoms with Crippen molar-refractivity contribution in [2.75, 3.05) is 7.11 Å². The molecule has 1 atom stereocenters. The van der Waals surface area contributed by atoms with E-state index in [1.807, 2.05) is 0 Å². The number of hydrogen-bond acceptors (Lipinski definition) is 1. The molecule has 1 unspecified atom stereocenters. The van der Waals surface area contributed by atoms with Gasteiger partial charge >= 0.3 is 0 Å². The third-order valence-electron chi connectivity index (χ3n) is 2.70. The van der Waals surface area contributed by atoms with E-state index in [0.29, 0.717) is 17.4 Å². The third-order valence-corrected chi connectivity index (χ3v) is 3.72. The minimum absolute atomic E-state index is 0.0344. The highest BCUT2D eigenvalue weighted by atomic mass is 79.9. The molecular weight excluding hydrogens is 321 g/mol. The molecule has 0 aromatic heterocycles. The minimum Gasteiger partial charge on any atom is -0.497 e. The average molecular weight is 331 g/mol.